The lowest BCUT2D eigenvalue weighted by molar-refractivity contribution is 0.0743. The van der Waals surface area contributed by atoms with Crippen LogP contribution in [-0.2, 0) is 5.75 Å². The third kappa shape index (κ3) is 5.86. The van der Waals surface area contributed by atoms with Gasteiger partial charge in [-0.25, -0.2) is 4.98 Å². The van der Waals surface area contributed by atoms with E-state index < -0.39 is 0 Å². The van der Waals surface area contributed by atoms with E-state index in [2.05, 4.69) is 15.7 Å². The number of benzene rings is 1. The first kappa shape index (κ1) is 22.3. The van der Waals surface area contributed by atoms with Gasteiger partial charge < -0.3 is 10.2 Å². The highest BCUT2D eigenvalue weighted by atomic mass is 35.5. The Balaban J connectivity index is 0.00000156. The Morgan fingerprint density at radius 1 is 1.36 bits per heavy atom. The van der Waals surface area contributed by atoms with Crippen molar-refractivity contribution in [3.63, 3.8) is 0 Å². The minimum atomic E-state index is 0. The molecule has 138 valence electrons. The summed E-state index contributed by atoms with van der Waals surface area (Å²) in [5.41, 5.74) is 1.87. The second-order valence-electron chi connectivity index (χ2n) is 5.73. The average molecular weight is 420 g/mol. The molecule has 4 nitrogen and oxygen atoms in total. The van der Waals surface area contributed by atoms with Crippen molar-refractivity contribution >= 4 is 53.8 Å². The Hall–Kier alpha value is -0.790. The molecule has 1 aliphatic heterocycles. The fourth-order valence-corrected chi connectivity index (χ4v) is 4.17. The van der Waals surface area contributed by atoms with Gasteiger partial charge in [0.15, 0.2) is 0 Å². The Labute approximate surface area is 169 Å². The van der Waals surface area contributed by atoms with Gasteiger partial charge in [0.1, 0.15) is 0 Å². The molecule has 1 aromatic heterocycles. The molecule has 2 heterocycles. The number of carbonyl (C=O) groups excluding carboxylic acids is 1. The molecular weight excluding hydrogens is 397 g/mol. The van der Waals surface area contributed by atoms with Crippen LogP contribution in [0.25, 0.3) is 0 Å². The zero-order valence-corrected chi connectivity index (χ0v) is 17.5. The van der Waals surface area contributed by atoms with Gasteiger partial charge in [0, 0.05) is 41.2 Å². The van der Waals surface area contributed by atoms with E-state index in [1.807, 2.05) is 43.1 Å². The number of likely N-dealkylation sites (N-methyl/N-ethyl adjacent to an activating group) is 1. The molecule has 0 radical (unpaired) electrons. The zero-order chi connectivity index (χ0) is 16.2. The van der Waals surface area contributed by atoms with Gasteiger partial charge in [0.05, 0.1) is 10.7 Å². The molecule has 8 heteroatoms. The number of hydrogen-bond donors (Lipinski definition) is 1. The minimum absolute atomic E-state index is 0. The summed E-state index contributed by atoms with van der Waals surface area (Å²) < 4.78 is 0. The Kier molecular flexibility index (Phi) is 9.24. The molecule has 1 unspecified atom stereocenters. The molecule has 1 fully saturated rings. The van der Waals surface area contributed by atoms with E-state index in [1.165, 1.54) is 0 Å². The summed E-state index contributed by atoms with van der Waals surface area (Å²) in [5.74, 6) is 0.969. The lowest BCUT2D eigenvalue weighted by Gasteiger charge is -2.23. The van der Waals surface area contributed by atoms with Crippen molar-refractivity contribution in [2.75, 3.05) is 20.1 Å². The molecular formula is C17H23Cl2N3OS2. The van der Waals surface area contributed by atoms with Crippen LogP contribution in [0.4, 0.5) is 0 Å². The summed E-state index contributed by atoms with van der Waals surface area (Å²) in [4.78, 5) is 20.0. The van der Waals surface area contributed by atoms with Crippen LogP contribution in [0.15, 0.2) is 34.5 Å². The maximum absolute atomic E-state index is 12.5. The average Bonchev–Trinajstić information content (AvgIpc) is 3.24. The number of thiazole rings is 1. The SMILES string of the molecule is Cc1nc(CSc2ccc(C(=O)N(C)C3CCNC3)cc2)cs1.Cl.Cl. The molecule has 1 atom stereocenters. The van der Waals surface area contributed by atoms with Crippen LogP contribution in [-0.4, -0.2) is 42.0 Å². The van der Waals surface area contributed by atoms with E-state index in [0.717, 1.165) is 46.4 Å². The molecule has 2 aromatic rings. The highest BCUT2D eigenvalue weighted by Crippen LogP contribution is 2.24. The Morgan fingerprint density at radius 3 is 2.64 bits per heavy atom. The first-order valence-electron chi connectivity index (χ1n) is 7.75. The number of aromatic nitrogens is 1. The third-order valence-electron chi connectivity index (χ3n) is 4.06. The first-order valence-corrected chi connectivity index (χ1v) is 9.62. The number of hydrogen-bond acceptors (Lipinski definition) is 5. The number of aryl methyl sites for hydroxylation is 1. The van der Waals surface area contributed by atoms with E-state index in [9.17, 15) is 4.79 Å². The van der Waals surface area contributed by atoms with Gasteiger partial charge in [0.2, 0.25) is 0 Å². The Bertz CT molecular complexity index is 673. The topological polar surface area (TPSA) is 45.2 Å². The van der Waals surface area contributed by atoms with Crippen molar-refractivity contribution in [2.45, 2.75) is 30.0 Å². The molecule has 1 aliphatic rings. The van der Waals surface area contributed by atoms with Gasteiger partial charge in [-0.3, -0.25) is 4.79 Å². The Morgan fingerprint density at radius 2 is 2.08 bits per heavy atom. The molecule has 1 amide bonds. The zero-order valence-electron chi connectivity index (χ0n) is 14.2. The summed E-state index contributed by atoms with van der Waals surface area (Å²) >= 11 is 3.43. The molecule has 0 spiro atoms. The molecule has 0 bridgehead atoms. The van der Waals surface area contributed by atoms with Crippen molar-refractivity contribution in [3.8, 4) is 0 Å². The smallest absolute Gasteiger partial charge is 0.253 e. The summed E-state index contributed by atoms with van der Waals surface area (Å²) in [5, 5.41) is 6.51. The van der Waals surface area contributed by atoms with Crippen LogP contribution >= 0.6 is 47.9 Å². The standard InChI is InChI=1S/C17H21N3OS2.2ClH/c1-12-19-14(10-22-12)11-23-16-5-3-13(4-6-16)17(21)20(2)15-7-8-18-9-15;;/h3-6,10,15,18H,7-9,11H2,1-2H3;2*1H. The molecule has 1 N–H and O–H groups in total. The third-order valence-corrected chi connectivity index (χ3v) is 5.92. The second kappa shape index (κ2) is 10.4. The van der Waals surface area contributed by atoms with Crippen molar-refractivity contribution in [3.05, 3.63) is 45.9 Å². The van der Waals surface area contributed by atoms with Crippen LogP contribution in [0.3, 0.4) is 0 Å². The second-order valence-corrected chi connectivity index (χ2v) is 7.84. The number of halogens is 2. The fourth-order valence-electron chi connectivity index (χ4n) is 2.66. The normalized spacial score (nSPS) is 16.0. The number of nitrogens with zero attached hydrogens (tertiary/aromatic N) is 2. The van der Waals surface area contributed by atoms with Crippen LogP contribution < -0.4 is 5.32 Å². The number of carbonyl (C=O) groups is 1. The molecule has 25 heavy (non-hydrogen) atoms. The lowest BCUT2D eigenvalue weighted by Crippen LogP contribution is -2.38. The van der Waals surface area contributed by atoms with E-state index >= 15 is 0 Å². The summed E-state index contributed by atoms with van der Waals surface area (Å²) in [6, 6.07) is 8.21. The molecule has 1 saturated heterocycles. The minimum Gasteiger partial charge on any atom is -0.337 e. The van der Waals surface area contributed by atoms with Crippen molar-refractivity contribution in [2.24, 2.45) is 0 Å². The highest BCUT2D eigenvalue weighted by molar-refractivity contribution is 7.98. The van der Waals surface area contributed by atoms with Crippen molar-refractivity contribution in [1.29, 1.82) is 0 Å². The van der Waals surface area contributed by atoms with Crippen molar-refractivity contribution < 1.29 is 4.79 Å². The van der Waals surface area contributed by atoms with Gasteiger partial charge >= 0.3 is 0 Å². The van der Waals surface area contributed by atoms with Crippen LogP contribution in [0.1, 0.15) is 27.5 Å². The van der Waals surface area contributed by atoms with Gasteiger partial charge in [-0.05, 0) is 44.2 Å². The number of nitrogens with one attached hydrogen (secondary N) is 1. The van der Waals surface area contributed by atoms with Gasteiger partial charge in [-0.1, -0.05) is 0 Å². The number of rotatable bonds is 5. The van der Waals surface area contributed by atoms with E-state index in [4.69, 9.17) is 0 Å². The summed E-state index contributed by atoms with van der Waals surface area (Å²) in [6.45, 7) is 3.91. The number of thioether (sulfide) groups is 1. The lowest BCUT2D eigenvalue weighted by atomic mass is 10.1. The maximum atomic E-state index is 12.5. The van der Waals surface area contributed by atoms with E-state index in [-0.39, 0.29) is 30.7 Å². The molecule has 1 aromatic carbocycles. The predicted octanol–water partition coefficient (Wildman–Crippen LogP) is 4.02. The molecule has 0 aliphatic carbocycles. The number of amides is 1. The highest BCUT2D eigenvalue weighted by Gasteiger charge is 2.23. The largest absolute Gasteiger partial charge is 0.337 e. The maximum Gasteiger partial charge on any atom is 0.253 e. The van der Waals surface area contributed by atoms with Gasteiger partial charge in [-0.2, -0.15) is 0 Å². The van der Waals surface area contributed by atoms with Gasteiger partial charge in [-0.15, -0.1) is 47.9 Å². The monoisotopic (exact) mass is 419 g/mol. The van der Waals surface area contributed by atoms with Crippen LogP contribution in [0.2, 0.25) is 0 Å². The quantitative estimate of drug-likeness (QED) is 0.743. The van der Waals surface area contributed by atoms with Crippen LogP contribution in [0.5, 0.6) is 0 Å². The summed E-state index contributed by atoms with van der Waals surface area (Å²) in [7, 11) is 1.90. The summed E-state index contributed by atoms with van der Waals surface area (Å²) in [6.07, 6.45) is 1.03. The van der Waals surface area contributed by atoms with Gasteiger partial charge in [0.25, 0.3) is 5.91 Å². The fraction of sp³-hybridized carbons (Fsp3) is 0.412. The molecule has 0 saturated carbocycles. The predicted molar refractivity (Wildman–Crippen MR) is 111 cm³/mol. The first-order chi connectivity index (χ1) is 11.1. The van der Waals surface area contributed by atoms with Crippen LogP contribution in [0, 0.1) is 6.92 Å². The van der Waals surface area contributed by atoms with E-state index in [1.54, 1.807) is 23.1 Å². The van der Waals surface area contributed by atoms with Crippen molar-refractivity contribution in [1.82, 2.24) is 15.2 Å². The van der Waals surface area contributed by atoms with E-state index in [0.29, 0.717) is 6.04 Å². The molecule has 3 rings (SSSR count).